The van der Waals surface area contributed by atoms with Gasteiger partial charge in [-0.05, 0) is 29.9 Å². The lowest BCUT2D eigenvalue weighted by atomic mass is 9.69. The topological polar surface area (TPSA) is 37.0 Å². The zero-order chi connectivity index (χ0) is 13.1. The normalized spacial score (nSPS) is 17.5. The second-order valence-corrected chi connectivity index (χ2v) is 5.75. The number of nitrogens with one attached hydrogen (secondary N) is 2. The van der Waals surface area contributed by atoms with Crippen molar-refractivity contribution in [1.82, 2.24) is 10.3 Å². The van der Waals surface area contributed by atoms with Crippen molar-refractivity contribution in [3.05, 3.63) is 36.0 Å². The lowest BCUT2D eigenvalue weighted by molar-refractivity contribution is 0.0177. The molecule has 0 aliphatic heterocycles. The molecule has 1 fully saturated rings. The number of para-hydroxylation sites is 1. The Labute approximate surface area is 114 Å². The molecule has 3 nitrogen and oxygen atoms in total. The van der Waals surface area contributed by atoms with Gasteiger partial charge in [-0.3, -0.25) is 0 Å². The number of H-pyrrole nitrogens is 1. The predicted octanol–water partition coefficient (Wildman–Crippen LogP) is 3.07. The first-order chi connectivity index (χ1) is 9.33. The number of aromatic nitrogens is 1. The Morgan fingerprint density at radius 2 is 2.21 bits per heavy atom. The predicted molar refractivity (Wildman–Crippen MR) is 78.2 cm³/mol. The number of fused-ring (bicyclic) bond motifs is 1. The molecule has 2 N–H and O–H groups in total. The van der Waals surface area contributed by atoms with Gasteiger partial charge in [-0.1, -0.05) is 24.6 Å². The van der Waals surface area contributed by atoms with Crippen LogP contribution in [0.15, 0.2) is 30.5 Å². The molecule has 0 amide bonds. The Kier molecular flexibility index (Phi) is 3.58. The molecule has 102 valence electrons. The van der Waals surface area contributed by atoms with Crippen LogP contribution in [0.1, 0.15) is 24.8 Å². The van der Waals surface area contributed by atoms with E-state index in [-0.39, 0.29) is 0 Å². The van der Waals surface area contributed by atoms with E-state index in [9.17, 15) is 0 Å². The Hall–Kier alpha value is -1.32. The summed E-state index contributed by atoms with van der Waals surface area (Å²) in [6, 6.07) is 8.59. The molecule has 3 heteroatoms. The van der Waals surface area contributed by atoms with Gasteiger partial charge in [0.25, 0.3) is 0 Å². The lowest BCUT2D eigenvalue weighted by Gasteiger charge is -2.41. The molecular formula is C16H22N2O. The molecule has 1 heterocycles. The van der Waals surface area contributed by atoms with Gasteiger partial charge in [-0.2, -0.15) is 0 Å². The molecule has 19 heavy (non-hydrogen) atoms. The Morgan fingerprint density at radius 1 is 1.32 bits per heavy atom. The van der Waals surface area contributed by atoms with E-state index in [4.69, 9.17) is 4.74 Å². The fraction of sp³-hybridized carbons (Fsp3) is 0.500. The molecule has 1 saturated carbocycles. The van der Waals surface area contributed by atoms with Crippen LogP contribution >= 0.6 is 0 Å². The van der Waals surface area contributed by atoms with E-state index in [1.54, 1.807) is 7.11 Å². The molecule has 0 bridgehead atoms. The van der Waals surface area contributed by atoms with Gasteiger partial charge in [0.2, 0.25) is 0 Å². The van der Waals surface area contributed by atoms with Gasteiger partial charge in [0.15, 0.2) is 0 Å². The molecule has 1 aromatic heterocycles. The molecule has 0 atom stereocenters. The molecule has 1 aliphatic carbocycles. The minimum atomic E-state index is 0.387. The van der Waals surface area contributed by atoms with Gasteiger partial charge in [-0.25, -0.2) is 0 Å². The van der Waals surface area contributed by atoms with Crippen molar-refractivity contribution < 1.29 is 4.74 Å². The summed E-state index contributed by atoms with van der Waals surface area (Å²) in [6.07, 6.45) is 5.94. The first kappa shape index (κ1) is 12.7. The van der Waals surface area contributed by atoms with Crippen LogP contribution < -0.4 is 5.32 Å². The van der Waals surface area contributed by atoms with Crippen LogP contribution in [0.25, 0.3) is 10.9 Å². The fourth-order valence-electron chi connectivity index (χ4n) is 3.11. The summed E-state index contributed by atoms with van der Waals surface area (Å²) in [6.45, 7) is 2.86. The summed E-state index contributed by atoms with van der Waals surface area (Å²) in [5, 5.41) is 4.90. The average molecular weight is 258 g/mol. The van der Waals surface area contributed by atoms with Crippen LogP contribution in [0, 0.1) is 5.41 Å². The highest BCUT2D eigenvalue weighted by molar-refractivity contribution is 5.82. The molecule has 1 aliphatic rings. The number of aromatic amines is 1. The lowest BCUT2D eigenvalue weighted by Crippen LogP contribution is -2.43. The second-order valence-electron chi connectivity index (χ2n) is 5.75. The van der Waals surface area contributed by atoms with Crippen LogP contribution in [0.4, 0.5) is 0 Å². The van der Waals surface area contributed by atoms with E-state index < -0.39 is 0 Å². The van der Waals surface area contributed by atoms with Gasteiger partial charge in [0, 0.05) is 37.3 Å². The van der Waals surface area contributed by atoms with Gasteiger partial charge < -0.3 is 15.0 Å². The highest BCUT2D eigenvalue weighted by Gasteiger charge is 2.36. The maximum absolute atomic E-state index is 5.36. The van der Waals surface area contributed by atoms with Crippen LogP contribution in [0.2, 0.25) is 0 Å². The summed E-state index contributed by atoms with van der Waals surface area (Å²) in [5.41, 5.74) is 2.98. The highest BCUT2D eigenvalue weighted by Crippen LogP contribution is 2.40. The highest BCUT2D eigenvalue weighted by atomic mass is 16.5. The largest absolute Gasteiger partial charge is 0.384 e. The first-order valence-corrected chi connectivity index (χ1v) is 7.08. The number of ether oxygens (including phenoxy) is 1. The van der Waals surface area contributed by atoms with E-state index in [2.05, 4.69) is 34.6 Å². The van der Waals surface area contributed by atoms with E-state index in [0.29, 0.717) is 5.41 Å². The first-order valence-electron chi connectivity index (χ1n) is 7.08. The molecule has 2 aromatic rings. The number of hydrogen-bond acceptors (Lipinski definition) is 2. The molecule has 1 aromatic carbocycles. The third kappa shape index (κ3) is 2.53. The van der Waals surface area contributed by atoms with E-state index in [1.807, 2.05) is 6.20 Å². The smallest absolute Gasteiger partial charge is 0.0530 e. The van der Waals surface area contributed by atoms with Crippen molar-refractivity contribution >= 4 is 10.9 Å². The Balaban J connectivity index is 1.62. The average Bonchev–Trinajstić information content (AvgIpc) is 2.85. The maximum atomic E-state index is 5.36. The standard InChI is InChI=1S/C16H22N2O/c1-19-12-16(7-3-8-16)11-17-10-14-5-2-4-13-6-9-18-15(13)14/h2,4-6,9,17-18H,3,7-8,10-12H2,1H3. The third-order valence-electron chi connectivity index (χ3n) is 4.35. The van der Waals surface area contributed by atoms with Crippen LogP contribution in [-0.2, 0) is 11.3 Å². The monoisotopic (exact) mass is 258 g/mol. The SMILES string of the molecule is COCC1(CNCc2cccc3cc[nH]c23)CCC1. The molecule has 0 spiro atoms. The number of rotatable bonds is 6. The van der Waals surface area contributed by atoms with Gasteiger partial charge in [-0.15, -0.1) is 0 Å². The van der Waals surface area contributed by atoms with Crippen LogP contribution in [0.5, 0.6) is 0 Å². The minimum absolute atomic E-state index is 0.387. The van der Waals surface area contributed by atoms with Crippen LogP contribution in [-0.4, -0.2) is 25.2 Å². The van der Waals surface area contributed by atoms with Crippen molar-refractivity contribution in [1.29, 1.82) is 0 Å². The number of methoxy groups -OCH3 is 1. The Bertz CT molecular complexity index is 542. The van der Waals surface area contributed by atoms with E-state index in [0.717, 1.165) is 19.7 Å². The van der Waals surface area contributed by atoms with Gasteiger partial charge >= 0.3 is 0 Å². The van der Waals surface area contributed by atoms with Crippen molar-refractivity contribution in [3.8, 4) is 0 Å². The molecule has 3 rings (SSSR count). The summed E-state index contributed by atoms with van der Waals surface area (Å²) in [7, 11) is 1.81. The second kappa shape index (κ2) is 5.35. The zero-order valence-electron chi connectivity index (χ0n) is 11.5. The molecule has 0 radical (unpaired) electrons. The number of benzene rings is 1. The van der Waals surface area contributed by atoms with Crippen molar-refractivity contribution in [2.24, 2.45) is 5.41 Å². The molecular weight excluding hydrogens is 236 g/mol. The molecule has 0 saturated heterocycles. The fourth-order valence-corrected chi connectivity index (χ4v) is 3.11. The van der Waals surface area contributed by atoms with E-state index >= 15 is 0 Å². The summed E-state index contributed by atoms with van der Waals surface area (Å²) in [5.74, 6) is 0. The van der Waals surface area contributed by atoms with Crippen molar-refractivity contribution in [2.75, 3.05) is 20.3 Å². The molecule has 0 unspecified atom stereocenters. The van der Waals surface area contributed by atoms with Gasteiger partial charge in [0.05, 0.1) is 6.61 Å². The van der Waals surface area contributed by atoms with E-state index in [1.165, 1.54) is 35.7 Å². The quantitative estimate of drug-likeness (QED) is 0.835. The van der Waals surface area contributed by atoms with Crippen molar-refractivity contribution in [2.45, 2.75) is 25.8 Å². The minimum Gasteiger partial charge on any atom is -0.384 e. The van der Waals surface area contributed by atoms with Gasteiger partial charge in [0.1, 0.15) is 0 Å². The van der Waals surface area contributed by atoms with Crippen LogP contribution in [0.3, 0.4) is 0 Å². The van der Waals surface area contributed by atoms with Crippen molar-refractivity contribution in [3.63, 3.8) is 0 Å². The number of hydrogen-bond donors (Lipinski definition) is 2. The Morgan fingerprint density at radius 3 is 2.95 bits per heavy atom. The summed E-state index contributed by atoms with van der Waals surface area (Å²) in [4.78, 5) is 3.32. The summed E-state index contributed by atoms with van der Waals surface area (Å²) < 4.78 is 5.36. The zero-order valence-corrected chi connectivity index (χ0v) is 11.5. The summed E-state index contributed by atoms with van der Waals surface area (Å²) >= 11 is 0. The third-order valence-corrected chi connectivity index (χ3v) is 4.35. The maximum Gasteiger partial charge on any atom is 0.0530 e.